The van der Waals surface area contributed by atoms with Gasteiger partial charge in [0.25, 0.3) is 0 Å². The highest BCUT2D eigenvalue weighted by atomic mass is 35.5. The van der Waals surface area contributed by atoms with Gasteiger partial charge in [0.05, 0.1) is 11.3 Å². The third-order valence-corrected chi connectivity index (χ3v) is 9.98. The Hall–Kier alpha value is -1.60. The van der Waals surface area contributed by atoms with Crippen LogP contribution in [0.5, 0.6) is 0 Å². The van der Waals surface area contributed by atoms with Gasteiger partial charge in [0.1, 0.15) is 0 Å². The molecular formula is C26H32Cl2N2O3S. The molecule has 184 valence electrons. The molecule has 2 aromatic carbocycles. The van der Waals surface area contributed by atoms with Crippen LogP contribution in [-0.4, -0.2) is 48.4 Å². The van der Waals surface area contributed by atoms with Crippen LogP contribution in [0, 0.1) is 5.92 Å². The fourth-order valence-electron chi connectivity index (χ4n) is 5.15. The van der Waals surface area contributed by atoms with E-state index in [-0.39, 0.29) is 41.6 Å². The second kappa shape index (κ2) is 10.2. The molecule has 0 radical (unpaired) electrons. The van der Waals surface area contributed by atoms with Gasteiger partial charge < -0.3 is 4.90 Å². The van der Waals surface area contributed by atoms with Crippen LogP contribution in [0.4, 0.5) is 0 Å². The minimum absolute atomic E-state index is 0.0203. The Morgan fingerprint density at radius 2 is 1.74 bits per heavy atom. The summed E-state index contributed by atoms with van der Waals surface area (Å²) in [7, 11) is -1.70. The zero-order valence-electron chi connectivity index (χ0n) is 19.8. The molecule has 4 atom stereocenters. The zero-order chi connectivity index (χ0) is 24.6. The Morgan fingerprint density at radius 1 is 1.06 bits per heavy atom. The van der Waals surface area contributed by atoms with Crippen molar-refractivity contribution in [3.05, 3.63) is 69.7 Å². The molecule has 1 amide bonds. The van der Waals surface area contributed by atoms with Crippen LogP contribution in [0.2, 0.25) is 10.0 Å². The van der Waals surface area contributed by atoms with Crippen molar-refractivity contribution in [1.82, 2.24) is 9.21 Å². The predicted octanol–water partition coefficient (Wildman–Crippen LogP) is 5.89. The van der Waals surface area contributed by atoms with E-state index in [0.717, 1.165) is 11.1 Å². The summed E-state index contributed by atoms with van der Waals surface area (Å²) < 4.78 is 27.2. The average Bonchev–Trinajstić information content (AvgIpc) is 3.66. The fourth-order valence-corrected chi connectivity index (χ4v) is 7.09. The average molecular weight is 524 g/mol. The summed E-state index contributed by atoms with van der Waals surface area (Å²) in [4.78, 5) is 15.6. The van der Waals surface area contributed by atoms with E-state index in [1.807, 2.05) is 61.2 Å². The molecule has 34 heavy (non-hydrogen) atoms. The van der Waals surface area contributed by atoms with Gasteiger partial charge in [0.15, 0.2) is 0 Å². The van der Waals surface area contributed by atoms with E-state index in [2.05, 4.69) is 6.07 Å². The molecule has 8 heteroatoms. The quantitative estimate of drug-likeness (QED) is 0.434. The van der Waals surface area contributed by atoms with Gasteiger partial charge in [-0.2, -0.15) is 0 Å². The first-order valence-electron chi connectivity index (χ1n) is 11.9. The normalized spacial score (nSPS) is 24.5. The van der Waals surface area contributed by atoms with Crippen LogP contribution in [0.25, 0.3) is 0 Å². The lowest BCUT2D eigenvalue weighted by Gasteiger charge is -2.48. The van der Waals surface area contributed by atoms with Gasteiger partial charge in [-0.25, -0.2) is 12.7 Å². The van der Waals surface area contributed by atoms with Gasteiger partial charge >= 0.3 is 0 Å². The Balaban J connectivity index is 1.77. The highest BCUT2D eigenvalue weighted by molar-refractivity contribution is 7.90. The molecule has 1 saturated carbocycles. The molecule has 5 nitrogen and oxygen atoms in total. The fraction of sp³-hybridized carbons (Fsp3) is 0.500. The van der Waals surface area contributed by atoms with E-state index >= 15 is 0 Å². The number of sulfonamides is 1. The van der Waals surface area contributed by atoms with Crippen molar-refractivity contribution >= 4 is 39.1 Å². The molecule has 2 fully saturated rings. The van der Waals surface area contributed by atoms with E-state index in [9.17, 15) is 13.2 Å². The van der Waals surface area contributed by atoms with E-state index in [1.165, 1.54) is 4.31 Å². The number of hydrogen-bond acceptors (Lipinski definition) is 3. The molecule has 1 saturated heterocycles. The van der Waals surface area contributed by atoms with Crippen molar-refractivity contribution in [1.29, 1.82) is 0 Å². The number of carbonyl (C=O) groups excluding carboxylic acids is 1. The first-order valence-corrected chi connectivity index (χ1v) is 14.2. The Kier molecular flexibility index (Phi) is 7.63. The third kappa shape index (κ3) is 5.15. The Morgan fingerprint density at radius 3 is 2.32 bits per heavy atom. The minimum Gasteiger partial charge on any atom is -0.331 e. The van der Waals surface area contributed by atoms with Crippen LogP contribution in [0.15, 0.2) is 48.5 Å². The van der Waals surface area contributed by atoms with Crippen LogP contribution in [0.1, 0.15) is 62.6 Å². The monoisotopic (exact) mass is 522 g/mol. The highest BCUT2D eigenvalue weighted by Gasteiger charge is 2.45. The van der Waals surface area contributed by atoms with Crippen molar-refractivity contribution in [2.45, 2.75) is 62.8 Å². The van der Waals surface area contributed by atoms with E-state index in [4.69, 9.17) is 23.2 Å². The van der Waals surface area contributed by atoms with Crippen molar-refractivity contribution in [3.63, 3.8) is 0 Å². The summed E-state index contributed by atoms with van der Waals surface area (Å²) in [5.41, 5.74) is 2.06. The van der Waals surface area contributed by atoms with Crippen molar-refractivity contribution in [2.24, 2.45) is 5.92 Å². The van der Waals surface area contributed by atoms with Crippen LogP contribution >= 0.6 is 23.2 Å². The molecule has 2 aromatic rings. The number of rotatable bonds is 8. The number of likely N-dealkylation sites (N-methyl/N-ethyl adjacent to an activating group) is 1. The highest BCUT2D eigenvalue weighted by Crippen LogP contribution is 2.47. The number of carbonyl (C=O) groups is 1. The van der Waals surface area contributed by atoms with E-state index in [0.29, 0.717) is 35.7 Å². The number of benzene rings is 2. The number of piperidine rings is 1. The molecule has 4 rings (SSSR count). The van der Waals surface area contributed by atoms with Crippen molar-refractivity contribution < 1.29 is 13.2 Å². The van der Waals surface area contributed by atoms with Gasteiger partial charge in [-0.1, -0.05) is 61.3 Å². The van der Waals surface area contributed by atoms with E-state index in [1.54, 1.807) is 7.05 Å². The van der Waals surface area contributed by atoms with Gasteiger partial charge in [-0.3, -0.25) is 4.79 Å². The predicted molar refractivity (Wildman–Crippen MR) is 138 cm³/mol. The number of hydrogen-bond donors (Lipinski definition) is 0. The second-order valence-electron chi connectivity index (χ2n) is 9.63. The minimum atomic E-state index is -3.34. The van der Waals surface area contributed by atoms with Crippen LogP contribution in [0.3, 0.4) is 0 Å². The molecule has 0 spiro atoms. The molecule has 2 aliphatic rings. The summed E-state index contributed by atoms with van der Waals surface area (Å²) in [5, 5.41) is 1.01. The largest absolute Gasteiger partial charge is 0.331 e. The van der Waals surface area contributed by atoms with E-state index < -0.39 is 10.0 Å². The SMILES string of the molecule is CC[C@@H](CN(C)S(=O)(=O)C1CC1)N1C(=O)C(C)CC(c2cccc(Cl)c2)[C@H]1c1ccc(Cl)cc1. The standard InChI is InChI=1S/C26H32Cl2N2O3S/c1-4-22(16-29(3)34(32,33)23-12-13-23)30-25(18-8-10-20(27)11-9-18)24(14-17(2)26(30)31)19-6-5-7-21(28)15-19/h5-11,15,17,22-25H,4,12-14,16H2,1-3H3/t17?,22-,24?,25+/m0/s1. The van der Waals surface area contributed by atoms with Gasteiger partial charge in [-0.05, 0) is 61.1 Å². The number of likely N-dealkylation sites (tertiary alicyclic amines) is 1. The first kappa shape index (κ1) is 25.5. The number of halogens is 2. The lowest BCUT2D eigenvalue weighted by Crippen LogP contribution is -2.54. The molecule has 1 heterocycles. The zero-order valence-corrected chi connectivity index (χ0v) is 22.2. The number of nitrogens with zero attached hydrogens (tertiary/aromatic N) is 2. The Labute approximate surface area is 213 Å². The van der Waals surface area contributed by atoms with Gasteiger partial charge in [-0.15, -0.1) is 0 Å². The smallest absolute Gasteiger partial charge is 0.226 e. The van der Waals surface area contributed by atoms with Gasteiger partial charge in [0, 0.05) is 41.5 Å². The topological polar surface area (TPSA) is 57.7 Å². The third-order valence-electron chi connectivity index (χ3n) is 7.17. The lowest BCUT2D eigenvalue weighted by molar-refractivity contribution is -0.146. The molecule has 1 aliphatic carbocycles. The summed E-state index contributed by atoms with van der Waals surface area (Å²) >= 11 is 12.5. The number of amides is 1. The van der Waals surface area contributed by atoms with Gasteiger partial charge in [0.2, 0.25) is 15.9 Å². The molecule has 1 aliphatic heterocycles. The molecular weight excluding hydrogens is 491 g/mol. The maximum Gasteiger partial charge on any atom is 0.226 e. The maximum atomic E-state index is 13.7. The first-order chi connectivity index (χ1) is 16.1. The van der Waals surface area contributed by atoms with Crippen molar-refractivity contribution in [2.75, 3.05) is 13.6 Å². The molecule has 2 unspecified atom stereocenters. The molecule has 0 N–H and O–H groups in total. The lowest BCUT2D eigenvalue weighted by atomic mass is 9.75. The van der Waals surface area contributed by atoms with Crippen molar-refractivity contribution in [3.8, 4) is 0 Å². The molecule has 0 aromatic heterocycles. The summed E-state index contributed by atoms with van der Waals surface area (Å²) in [5.74, 6) is -0.110. The van der Waals surface area contributed by atoms with Crippen LogP contribution in [-0.2, 0) is 14.8 Å². The van der Waals surface area contributed by atoms with Crippen LogP contribution < -0.4 is 0 Å². The summed E-state index contributed by atoms with van der Waals surface area (Å²) in [6.07, 6.45) is 2.77. The maximum absolute atomic E-state index is 13.7. The second-order valence-corrected chi connectivity index (χ2v) is 12.8. The summed E-state index contributed by atoms with van der Waals surface area (Å²) in [6.45, 7) is 4.25. The summed E-state index contributed by atoms with van der Waals surface area (Å²) in [6, 6.07) is 15.0. The Bertz CT molecular complexity index is 1130. The molecule has 0 bridgehead atoms.